The van der Waals surface area contributed by atoms with Gasteiger partial charge in [0.05, 0.1) is 10.5 Å². The van der Waals surface area contributed by atoms with E-state index in [0.717, 1.165) is 6.42 Å². The third kappa shape index (κ3) is 2.76. The quantitative estimate of drug-likeness (QED) is 0.632. The predicted molar refractivity (Wildman–Crippen MR) is 76.1 cm³/mol. The first kappa shape index (κ1) is 14.7. The van der Waals surface area contributed by atoms with Gasteiger partial charge in [-0.25, -0.2) is 0 Å². The second-order valence-electron chi connectivity index (χ2n) is 5.05. The summed E-state index contributed by atoms with van der Waals surface area (Å²) in [6, 6.07) is 4.62. The lowest BCUT2D eigenvalue weighted by atomic mass is 10.1. The van der Waals surface area contributed by atoms with Crippen LogP contribution in [0.15, 0.2) is 18.2 Å². The number of carbonyl (C=O) groups excluding carboxylic acids is 1. The molecule has 0 saturated carbocycles. The monoisotopic (exact) mass is 297 g/mol. The number of likely N-dealkylation sites (N-methyl/N-ethyl adjacent to an activating group) is 1. The van der Waals surface area contributed by atoms with Gasteiger partial charge in [-0.05, 0) is 26.6 Å². The van der Waals surface area contributed by atoms with Gasteiger partial charge in [-0.15, -0.1) is 0 Å². The van der Waals surface area contributed by atoms with Crippen molar-refractivity contribution in [2.45, 2.75) is 12.5 Å². The van der Waals surface area contributed by atoms with Crippen molar-refractivity contribution in [1.29, 1.82) is 0 Å². The molecule has 0 aromatic heterocycles. The van der Waals surface area contributed by atoms with Crippen LogP contribution in [-0.4, -0.2) is 53.9 Å². The predicted octanol–water partition coefficient (Wildman–Crippen LogP) is 2.02. The second-order valence-corrected chi connectivity index (χ2v) is 5.43. The van der Waals surface area contributed by atoms with Gasteiger partial charge >= 0.3 is 0 Å². The fraction of sp³-hybridized carbons (Fsp3) is 0.462. The van der Waals surface area contributed by atoms with Crippen molar-refractivity contribution in [3.63, 3.8) is 0 Å². The highest BCUT2D eigenvalue weighted by molar-refractivity contribution is 6.35. The Morgan fingerprint density at radius 2 is 2.20 bits per heavy atom. The lowest BCUT2D eigenvalue weighted by Crippen LogP contribution is -2.34. The summed E-state index contributed by atoms with van der Waals surface area (Å²) in [5, 5.41) is 10.8. The zero-order valence-electron chi connectivity index (χ0n) is 11.4. The maximum absolute atomic E-state index is 12.4. The van der Waals surface area contributed by atoms with Crippen molar-refractivity contribution in [1.82, 2.24) is 9.80 Å². The Hall–Kier alpha value is -1.66. The molecule has 7 heteroatoms. The first-order chi connectivity index (χ1) is 9.41. The van der Waals surface area contributed by atoms with Crippen LogP contribution in [0.5, 0.6) is 0 Å². The van der Waals surface area contributed by atoms with Crippen molar-refractivity contribution >= 4 is 23.2 Å². The van der Waals surface area contributed by atoms with Crippen LogP contribution in [0.1, 0.15) is 16.8 Å². The molecule has 20 heavy (non-hydrogen) atoms. The van der Waals surface area contributed by atoms with Gasteiger partial charge in [0.1, 0.15) is 5.02 Å². The molecule has 2 rings (SSSR count). The summed E-state index contributed by atoms with van der Waals surface area (Å²) in [4.78, 5) is 26.4. The Morgan fingerprint density at radius 1 is 1.50 bits per heavy atom. The number of hydrogen-bond donors (Lipinski definition) is 0. The van der Waals surface area contributed by atoms with Crippen LogP contribution in [-0.2, 0) is 0 Å². The Bertz CT molecular complexity index is 548. The van der Waals surface area contributed by atoms with Crippen LogP contribution in [0, 0.1) is 10.1 Å². The van der Waals surface area contributed by atoms with Gasteiger partial charge in [-0.3, -0.25) is 14.9 Å². The van der Waals surface area contributed by atoms with Gasteiger partial charge in [0.15, 0.2) is 0 Å². The smallest absolute Gasteiger partial charge is 0.288 e. The third-order valence-corrected chi connectivity index (χ3v) is 3.98. The number of nitro groups is 1. The number of nitrogens with zero attached hydrogens (tertiary/aromatic N) is 3. The molecule has 0 N–H and O–H groups in total. The Kier molecular flexibility index (Phi) is 4.25. The SMILES string of the molecule is CN(C)C1CCN(C(=O)c2cccc([N+](=O)[O-])c2Cl)C1. The molecule has 1 saturated heterocycles. The van der Waals surface area contributed by atoms with Crippen LogP contribution in [0.2, 0.25) is 5.02 Å². The molecule has 1 aliphatic heterocycles. The molecular formula is C13H16ClN3O3. The topological polar surface area (TPSA) is 66.7 Å². The van der Waals surface area contributed by atoms with Crippen molar-refractivity contribution < 1.29 is 9.72 Å². The number of hydrogen-bond acceptors (Lipinski definition) is 4. The molecule has 1 atom stereocenters. The van der Waals surface area contributed by atoms with Gasteiger partial charge in [0, 0.05) is 25.2 Å². The molecule has 6 nitrogen and oxygen atoms in total. The minimum absolute atomic E-state index is 0.0872. The molecule has 1 fully saturated rings. The van der Waals surface area contributed by atoms with E-state index in [2.05, 4.69) is 4.90 Å². The van der Waals surface area contributed by atoms with Crippen LogP contribution in [0.4, 0.5) is 5.69 Å². The first-order valence-electron chi connectivity index (χ1n) is 6.30. The number of carbonyl (C=O) groups is 1. The summed E-state index contributed by atoms with van der Waals surface area (Å²) >= 11 is 5.98. The highest BCUT2D eigenvalue weighted by atomic mass is 35.5. The number of rotatable bonds is 3. The van der Waals surface area contributed by atoms with E-state index >= 15 is 0 Å². The van der Waals surface area contributed by atoms with Crippen LogP contribution >= 0.6 is 11.6 Å². The molecule has 1 amide bonds. The first-order valence-corrected chi connectivity index (χ1v) is 6.68. The fourth-order valence-corrected chi connectivity index (χ4v) is 2.62. The van der Waals surface area contributed by atoms with E-state index in [0.29, 0.717) is 19.1 Å². The highest BCUT2D eigenvalue weighted by Crippen LogP contribution is 2.29. The van der Waals surface area contributed by atoms with Crippen molar-refractivity contribution in [3.8, 4) is 0 Å². The molecule has 0 spiro atoms. The fourth-order valence-electron chi connectivity index (χ4n) is 2.34. The normalized spacial score (nSPS) is 18.6. The minimum Gasteiger partial charge on any atom is -0.337 e. The molecule has 108 valence electrons. The van der Waals surface area contributed by atoms with Gasteiger partial charge < -0.3 is 9.80 Å². The average molecular weight is 298 g/mol. The standard InChI is InChI=1S/C13H16ClN3O3/c1-15(2)9-6-7-16(8-9)13(18)10-4-3-5-11(12(10)14)17(19)20/h3-5,9H,6-8H2,1-2H3. The van der Waals surface area contributed by atoms with Crippen molar-refractivity contribution in [2.75, 3.05) is 27.2 Å². The van der Waals surface area contributed by atoms with Crippen LogP contribution in [0.25, 0.3) is 0 Å². The molecule has 1 aromatic rings. The molecule has 0 aliphatic carbocycles. The van der Waals surface area contributed by atoms with Crippen LogP contribution in [0.3, 0.4) is 0 Å². The van der Waals surface area contributed by atoms with E-state index in [4.69, 9.17) is 11.6 Å². The van der Waals surface area contributed by atoms with E-state index in [9.17, 15) is 14.9 Å². The largest absolute Gasteiger partial charge is 0.337 e. The highest BCUT2D eigenvalue weighted by Gasteiger charge is 2.30. The molecular weight excluding hydrogens is 282 g/mol. The summed E-state index contributed by atoms with van der Waals surface area (Å²) in [5.41, 5.74) is -0.0406. The zero-order chi connectivity index (χ0) is 14.9. The van der Waals surface area contributed by atoms with E-state index in [1.807, 2.05) is 14.1 Å². The van der Waals surface area contributed by atoms with Gasteiger partial charge in [0.25, 0.3) is 11.6 Å². The molecule has 1 unspecified atom stereocenters. The molecule has 0 radical (unpaired) electrons. The summed E-state index contributed by atoms with van der Waals surface area (Å²) in [7, 11) is 3.94. The van der Waals surface area contributed by atoms with E-state index in [-0.39, 0.29) is 22.2 Å². The number of nitro benzene ring substituents is 1. The Labute approximate surface area is 122 Å². The van der Waals surface area contributed by atoms with Gasteiger partial charge in [0.2, 0.25) is 0 Å². The number of likely N-dealkylation sites (tertiary alicyclic amines) is 1. The summed E-state index contributed by atoms with van der Waals surface area (Å²) in [6.45, 7) is 1.26. The molecule has 1 aromatic carbocycles. The lowest BCUT2D eigenvalue weighted by Gasteiger charge is -2.20. The molecule has 1 aliphatic rings. The van der Waals surface area contributed by atoms with Crippen molar-refractivity contribution in [3.05, 3.63) is 38.9 Å². The number of benzene rings is 1. The minimum atomic E-state index is -0.578. The maximum Gasteiger partial charge on any atom is 0.288 e. The number of amides is 1. The van der Waals surface area contributed by atoms with E-state index < -0.39 is 4.92 Å². The van der Waals surface area contributed by atoms with Crippen molar-refractivity contribution in [2.24, 2.45) is 0 Å². The van der Waals surface area contributed by atoms with E-state index in [1.165, 1.54) is 18.2 Å². The second kappa shape index (κ2) is 5.76. The maximum atomic E-state index is 12.4. The summed E-state index contributed by atoms with van der Waals surface area (Å²) in [6.07, 6.45) is 0.894. The van der Waals surface area contributed by atoms with Gasteiger partial charge in [-0.2, -0.15) is 0 Å². The summed E-state index contributed by atoms with van der Waals surface area (Å²) in [5.74, 6) is -0.247. The van der Waals surface area contributed by atoms with Gasteiger partial charge in [-0.1, -0.05) is 17.7 Å². The average Bonchev–Trinajstić information content (AvgIpc) is 2.87. The Morgan fingerprint density at radius 3 is 2.75 bits per heavy atom. The summed E-state index contributed by atoms with van der Waals surface area (Å²) < 4.78 is 0. The van der Waals surface area contributed by atoms with Crippen LogP contribution < -0.4 is 0 Å². The molecule has 0 bridgehead atoms. The zero-order valence-corrected chi connectivity index (χ0v) is 12.1. The third-order valence-electron chi connectivity index (χ3n) is 3.59. The molecule has 1 heterocycles. The van der Waals surface area contributed by atoms with E-state index in [1.54, 1.807) is 4.90 Å². The number of halogens is 1. The Balaban J connectivity index is 2.23. The lowest BCUT2D eigenvalue weighted by molar-refractivity contribution is -0.384.